The molecule has 0 spiro atoms. The fourth-order valence-corrected chi connectivity index (χ4v) is 2.70. The number of ether oxygens (including phenoxy) is 2. The van der Waals surface area contributed by atoms with Crippen molar-refractivity contribution in [2.45, 2.75) is 65.1 Å². The Morgan fingerprint density at radius 1 is 1.19 bits per heavy atom. The molecule has 154 valence electrons. The molecule has 1 saturated heterocycles. The molecule has 1 rings (SSSR count). The molecule has 0 radical (unpaired) electrons. The smallest absolute Gasteiger partial charge is 0.410 e. The molecule has 9 heteroatoms. The lowest BCUT2D eigenvalue weighted by Crippen LogP contribution is -2.55. The lowest BCUT2D eigenvalue weighted by molar-refractivity contribution is -0.141. The van der Waals surface area contributed by atoms with E-state index in [2.05, 4.69) is 15.4 Å². The molecule has 2 atom stereocenters. The molecular formula is C18H31N3O6. The van der Waals surface area contributed by atoms with Gasteiger partial charge in [0.2, 0.25) is 11.8 Å². The van der Waals surface area contributed by atoms with Gasteiger partial charge in [0.1, 0.15) is 24.2 Å². The molecule has 0 unspecified atom stereocenters. The van der Waals surface area contributed by atoms with Crippen molar-refractivity contribution < 1.29 is 28.7 Å². The Labute approximate surface area is 160 Å². The largest absolute Gasteiger partial charge is 0.468 e. The highest BCUT2D eigenvalue weighted by Crippen LogP contribution is 2.21. The van der Waals surface area contributed by atoms with Gasteiger partial charge in [0, 0.05) is 6.54 Å². The number of hydrogen-bond donors (Lipinski definition) is 2. The molecule has 1 aliphatic heterocycles. The zero-order valence-corrected chi connectivity index (χ0v) is 17.0. The average molecular weight is 385 g/mol. The van der Waals surface area contributed by atoms with E-state index in [1.807, 2.05) is 0 Å². The van der Waals surface area contributed by atoms with Crippen molar-refractivity contribution in [1.82, 2.24) is 15.5 Å². The van der Waals surface area contributed by atoms with Crippen LogP contribution < -0.4 is 10.6 Å². The van der Waals surface area contributed by atoms with Crippen molar-refractivity contribution in [2.75, 3.05) is 20.2 Å². The van der Waals surface area contributed by atoms with E-state index in [0.29, 0.717) is 19.4 Å². The normalized spacial score (nSPS) is 18.0. The third kappa shape index (κ3) is 7.07. The van der Waals surface area contributed by atoms with Crippen molar-refractivity contribution in [3.63, 3.8) is 0 Å². The predicted octanol–water partition coefficient (Wildman–Crippen LogP) is 0.816. The summed E-state index contributed by atoms with van der Waals surface area (Å²) in [5, 5.41) is 5.14. The van der Waals surface area contributed by atoms with Gasteiger partial charge in [0.05, 0.1) is 7.11 Å². The first-order valence-corrected chi connectivity index (χ1v) is 9.10. The van der Waals surface area contributed by atoms with Crippen LogP contribution in [0, 0.1) is 5.92 Å². The van der Waals surface area contributed by atoms with Gasteiger partial charge in [-0.05, 0) is 39.5 Å². The van der Waals surface area contributed by atoms with Gasteiger partial charge >= 0.3 is 12.1 Å². The van der Waals surface area contributed by atoms with Gasteiger partial charge in [0.15, 0.2) is 0 Å². The number of rotatable bonds is 6. The summed E-state index contributed by atoms with van der Waals surface area (Å²) in [7, 11) is 1.22. The van der Waals surface area contributed by atoms with E-state index < -0.39 is 41.6 Å². The fourth-order valence-electron chi connectivity index (χ4n) is 2.70. The van der Waals surface area contributed by atoms with Crippen LogP contribution in [0.15, 0.2) is 0 Å². The van der Waals surface area contributed by atoms with E-state index in [4.69, 9.17) is 4.74 Å². The first-order chi connectivity index (χ1) is 12.5. The van der Waals surface area contributed by atoms with Gasteiger partial charge in [-0.1, -0.05) is 13.8 Å². The fraction of sp³-hybridized carbons (Fsp3) is 0.778. The Morgan fingerprint density at radius 3 is 2.33 bits per heavy atom. The Kier molecular flexibility index (Phi) is 8.05. The van der Waals surface area contributed by atoms with Crippen molar-refractivity contribution in [2.24, 2.45) is 5.92 Å². The van der Waals surface area contributed by atoms with Crippen LogP contribution in [-0.4, -0.2) is 66.7 Å². The van der Waals surface area contributed by atoms with Crippen LogP contribution in [0.4, 0.5) is 4.79 Å². The summed E-state index contributed by atoms with van der Waals surface area (Å²) in [6.45, 7) is 8.99. The topological polar surface area (TPSA) is 114 Å². The highest BCUT2D eigenvalue weighted by atomic mass is 16.6. The van der Waals surface area contributed by atoms with E-state index in [-0.39, 0.29) is 12.5 Å². The second-order valence-electron chi connectivity index (χ2n) is 7.86. The first kappa shape index (κ1) is 22.7. The van der Waals surface area contributed by atoms with Crippen molar-refractivity contribution >= 4 is 23.9 Å². The highest BCUT2D eigenvalue weighted by Gasteiger charge is 2.38. The lowest BCUT2D eigenvalue weighted by atomic mass is 10.0. The molecule has 0 saturated carbocycles. The van der Waals surface area contributed by atoms with Gasteiger partial charge in [-0.2, -0.15) is 0 Å². The number of nitrogens with one attached hydrogen (secondary N) is 2. The molecule has 0 aliphatic carbocycles. The number of nitrogens with zero attached hydrogens (tertiary/aromatic N) is 1. The zero-order valence-electron chi connectivity index (χ0n) is 17.0. The van der Waals surface area contributed by atoms with Crippen molar-refractivity contribution in [3.05, 3.63) is 0 Å². The summed E-state index contributed by atoms with van der Waals surface area (Å²) < 4.78 is 9.84. The Balaban J connectivity index is 2.75. The van der Waals surface area contributed by atoms with Gasteiger partial charge in [-0.3, -0.25) is 19.3 Å². The van der Waals surface area contributed by atoms with E-state index in [9.17, 15) is 19.2 Å². The number of esters is 1. The maximum absolute atomic E-state index is 12.7. The molecular weight excluding hydrogens is 354 g/mol. The number of amides is 3. The van der Waals surface area contributed by atoms with Crippen LogP contribution in [-0.2, 0) is 23.9 Å². The highest BCUT2D eigenvalue weighted by molar-refractivity contribution is 5.92. The standard InChI is InChI=1S/C18H31N3O6/c1-11(2)14(16(24)19-10-13(22)26-6)20-15(23)12-8-7-9-21(12)17(25)27-18(3,4)5/h11-12,14H,7-10H2,1-6H3,(H,19,24)(H,20,23)/t12-,14-/m0/s1. The number of carbonyl (C=O) groups is 4. The summed E-state index contributed by atoms with van der Waals surface area (Å²) in [5.41, 5.74) is -0.658. The number of likely N-dealkylation sites (tertiary alicyclic amines) is 1. The number of carbonyl (C=O) groups excluding carboxylic acids is 4. The molecule has 2 N–H and O–H groups in total. The quantitative estimate of drug-likeness (QED) is 0.654. The Bertz CT molecular complexity index is 570. The summed E-state index contributed by atoms with van der Waals surface area (Å²) in [6, 6.07) is -1.52. The van der Waals surface area contributed by atoms with E-state index in [1.165, 1.54) is 12.0 Å². The summed E-state index contributed by atoms with van der Waals surface area (Å²) in [4.78, 5) is 49.9. The van der Waals surface area contributed by atoms with Gasteiger partial charge in [-0.25, -0.2) is 4.79 Å². The Hall–Kier alpha value is -2.32. The monoisotopic (exact) mass is 385 g/mol. The van der Waals surface area contributed by atoms with Crippen LogP contribution in [0.3, 0.4) is 0 Å². The van der Waals surface area contributed by atoms with Crippen molar-refractivity contribution in [1.29, 1.82) is 0 Å². The SMILES string of the molecule is COC(=O)CNC(=O)[C@@H](NC(=O)[C@@H]1CCCN1C(=O)OC(C)(C)C)C(C)C. The Morgan fingerprint density at radius 2 is 1.81 bits per heavy atom. The van der Waals surface area contributed by atoms with Crippen LogP contribution >= 0.6 is 0 Å². The van der Waals surface area contributed by atoms with Gasteiger partial charge in [-0.15, -0.1) is 0 Å². The molecule has 0 bridgehead atoms. The summed E-state index contributed by atoms with van der Waals surface area (Å²) in [5.74, 6) is -1.68. The molecule has 1 aliphatic rings. The molecule has 0 aromatic carbocycles. The van der Waals surface area contributed by atoms with Crippen LogP contribution in [0.5, 0.6) is 0 Å². The zero-order chi connectivity index (χ0) is 20.8. The van der Waals surface area contributed by atoms with Crippen LogP contribution in [0.25, 0.3) is 0 Å². The third-order valence-corrected chi connectivity index (χ3v) is 4.06. The maximum Gasteiger partial charge on any atom is 0.410 e. The molecule has 1 heterocycles. The lowest BCUT2D eigenvalue weighted by Gasteiger charge is -2.29. The van der Waals surface area contributed by atoms with E-state index in [0.717, 1.165) is 0 Å². The van der Waals surface area contributed by atoms with Crippen molar-refractivity contribution in [3.8, 4) is 0 Å². The number of hydrogen-bond acceptors (Lipinski definition) is 6. The second kappa shape index (κ2) is 9.57. The second-order valence-corrected chi connectivity index (χ2v) is 7.86. The minimum atomic E-state index is -0.830. The predicted molar refractivity (Wildman–Crippen MR) is 97.8 cm³/mol. The van der Waals surface area contributed by atoms with Crippen LogP contribution in [0.1, 0.15) is 47.5 Å². The average Bonchev–Trinajstić information content (AvgIpc) is 3.05. The minimum Gasteiger partial charge on any atom is -0.468 e. The maximum atomic E-state index is 12.7. The summed E-state index contributed by atoms with van der Waals surface area (Å²) >= 11 is 0. The molecule has 9 nitrogen and oxygen atoms in total. The minimum absolute atomic E-state index is 0.206. The molecule has 3 amide bonds. The summed E-state index contributed by atoms with van der Waals surface area (Å²) in [6.07, 6.45) is 0.633. The van der Waals surface area contributed by atoms with Gasteiger partial charge < -0.3 is 20.1 Å². The van der Waals surface area contributed by atoms with Crippen LogP contribution in [0.2, 0.25) is 0 Å². The molecule has 27 heavy (non-hydrogen) atoms. The van der Waals surface area contributed by atoms with E-state index >= 15 is 0 Å². The molecule has 0 aromatic heterocycles. The van der Waals surface area contributed by atoms with Gasteiger partial charge in [0.25, 0.3) is 0 Å². The molecule has 0 aromatic rings. The number of methoxy groups -OCH3 is 1. The van der Waals surface area contributed by atoms with E-state index in [1.54, 1.807) is 34.6 Å². The molecule has 1 fully saturated rings. The third-order valence-electron chi connectivity index (χ3n) is 4.06. The first-order valence-electron chi connectivity index (χ1n) is 9.10.